The fraction of sp³-hybridized carbons (Fsp3) is 0.364. The second kappa shape index (κ2) is 6.03. The highest BCUT2D eigenvalue weighted by Crippen LogP contribution is 2.09. The third-order valence-electron chi connectivity index (χ3n) is 2.31. The van der Waals surface area contributed by atoms with Gasteiger partial charge in [0.2, 0.25) is 6.41 Å². The predicted molar refractivity (Wildman–Crippen MR) is 61.7 cm³/mol. The largest absolute Gasteiger partial charge is 0.388 e. The SMILES string of the molecule is CNc1ccc(CC(CN)NC=O)cc1. The Balaban J connectivity index is 2.58. The lowest BCUT2D eigenvalue weighted by Gasteiger charge is -2.13. The predicted octanol–water partition coefficient (Wildman–Crippen LogP) is 0.344. The minimum atomic E-state index is 0.0166. The van der Waals surface area contributed by atoms with Crippen LogP contribution in [-0.4, -0.2) is 26.0 Å². The number of nitrogens with two attached hydrogens (primary N) is 1. The van der Waals surface area contributed by atoms with Gasteiger partial charge >= 0.3 is 0 Å². The second-order valence-electron chi connectivity index (χ2n) is 3.37. The van der Waals surface area contributed by atoms with Gasteiger partial charge in [-0.15, -0.1) is 0 Å². The first-order valence-electron chi connectivity index (χ1n) is 4.96. The van der Waals surface area contributed by atoms with E-state index in [1.165, 1.54) is 5.56 Å². The molecule has 1 aromatic carbocycles. The molecule has 1 atom stereocenters. The number of rotatable bonds is 6. The normalized spacial score (nSPS) is 11.9. The van der Waals surface area contributed by atoms with Crippen LogP contribution >= 0.6 is 0 Å². The van der Waals surface area contributed by atoms with E-state index >= 15 is 0 Å². The first-order chi connectivity index (χ1) is 7.30. The lowest BCUT2D eigenvalue weighted by molar-refractivity contribution is -0.110. The van der Waals surface area contributed by atoms with E-state index in [1.807, 2.05) is 31.3 Å². The molecule has 0 aliphatic carbocycles. The average Bonchev–Trinajstić information content (AvgIpc) is 2.29. The van der Waals surface area contributed by atoms with E-state index in [4.69, 9.17) is 5.73 Å². The summed E-state index contributed by atoms with van der Waals surface area (Å²) in [6.45, 7) is 0.451. The molecule has 0 fully saturated rings. The van der Waals surface area contributed by atoms with Crippen LogP contribution < -0.4 is 16.4 Å². The number of carbonyl (C=O) groups excluding carboxylic acids is 1. The molecule has 0 aromatic heterocycles. The van der Waals surface area contributed by atoms with Crippen molar-refractivity contribution in [3.05, 3.63) is 29.8 Å². The van der Waals surface area contributed by atoms with Crippen molar-refractivity contribution in [2.24, 2.45) is 5.73 Å². The Kier molecular flexibility index (Phi) is 4.63. The van der Waals surface area contributed by atoms with Gasteiger partial charge in [0.1, 0.15) is 0 Å². The number of nitrogens with one attached hydrogen (secondary N) is 2. The third-order valence-corrected chi connectivity index (χ3v) is 2.31. The van der Waals surface area contributed by atoms with Crippen LogP contribution in [0, 0.1) is 0 Å². The van der Waals surface area contributed by atoms with E-state index in [2.05, 4.69) is 10.6 Å². The van der Waals surface area contributed by atoms with E-state index in [9.17, 15) is 4.79 Å². The van der Waals surface area contributed by atoms with Gasteiger partial charge in [0.05, 0.1) is 0 Å². The molecule has 0 bridgehead atoms. The van der Waals surface area contributed by atoms with Crippen LogP contribution in [0.3, 0.4) is 0 Å². The summed E-state index contributed by atoms with van der Waals surface area (Å²) in [6.07, 6.45) is 1.46. The minimum absolute atomic E-state index is 0.0166. The van der Waals surface area contributed by atoms with Crippen LogP contribution in [0.4, 0.5) is 5.69 Å². The fourth-order valence-electron chi connectivity index (χ4n) is 1.40. The number of carbonyl (C=O) groups is 1. The molecule has 1 aromatic rings. The van der Waals surface area contributed by atoms with Gasteiger partial charge in [0, 0.05) is 25.3 Å². The average molecular weight is 207 g/mol. The molecule has 0 spiro atoms. The van der Waals surface area contributed by atoms with Crippen LogP contribution in [0.1, 0.15) is 5.56 Å². The monoisotopic (exact) mass is 207 g/mol. The maximum atomic E-state index is 10.3. The summed E-state index contributed by atoms with van der Waals surface area (Å²) in [5.41, 5.74) is 7.77. The Labute approximate surface area is 89.9 Å². The molecule has 0 aliphatic heterocycles. The Bertz CT molecular complexity index is 297. The third kappa shape index (κ3) is 3.59. The summed E-state index contributed by atoms with van der Waals surface area (Å²) in [5, 5.41) is 5.74. The summed E-state index contributed by atoms with van der Waals surface area (Å²) >= 11 is 0. The molecule has 0 radical (unpaired) electrons. The van der Waals surface area contributed by atoms with E-state index in [0.29, 0.717) is 13.0 Å². The number of anilines is 1. The smallest absolute Gasteiger partial charge is 0.207 e. The Hall–Kier alpha value is -1.55. The van der Waals surface area contributed by atoms with E-state index < -0.39 is 0 Å². The highest BCUT2D eigenvalue weighted by atomic mass is 16.1. The maximum absolute atomic E-state index is 10.3. The topological polar surface area (TPSA) is 67.2 Å². The summed E-state index contributed by atoms with van der Waals surface area (Å²) in [4.78, 5) is 10.3. The van der Waals surface area contributed by atoms with E-state index in [0.717, 1.165) is 12.1 Å². The molecule has 4 N–H and O–H groups in total. The van der Waals surface area contributed by atoms with Crippen molar-refractivity contribution >= 4 is 12.1 Å². The van der Waals surface area contributed by atoms with Crippen LogP contribution in [0.25, 0.3) is 0 Å². The van der Waals surface area contributed by atoms with Crippen molar-refractivity contribution in [1.82, 2.24) is 5.32 Å². The minimum Gasteiger partial charge on any atom is -0.388 e. The van der Waals surface area contributed by atoms with E-state index in [-0.39, 0.29) is 6.04 Å². The zero-order valence-corrected chi connectivity index (χ0v) is 8.86. The molecule has 15 heavy (non-hydrogen) atoms. The Morgan fingerprint density at radius 2 is 2.07 bits per heavy atom. The van der Waals surface area contributed by atoms with Crippen molar-refractivity contribution in [3.63, 3.8) is 0 Å². The van der Waals surface area contributed by atoms with Crippen molar-refractivity contribution in [3.8, 4) is 0 Å². The van der Waals surface area contributed by atoms with Gasteiger partial charge in [0.15, 0.2) is 0 Å². The molecule has 1 unspecified atom stereocenters. The number of benzene rings is 1. The molecular weight excluding hydrogens is 190 g/mol. The highest BCUT2D eigenvalue weighted by Gasteiger charge is 2.05. The van der Waals surface area contributed by atoms with Gasteiger partial charge in [-0.1, -0.05) is 12.1 Å². The molecule has 1 amide bonds. The molecule has 4 heteroatoms. The standard InChI is InChI=1S/C11H17N3O/c1-13-10-4-2-9(3-5-10)6-11(7-12)14-8-15/h2-5,8,11,13H,6-7,12H2,1H3,(H,14,15). The highest BCUT2D eigenvalue weighted by molar-refractivity contribution is 5.47. The van der Waals surface area contributed by atoms with Crippen molar-refractivity contribution in [1.29, 1.82) is 0 Å². The van der Waals surface area contributed by atoms with Gasteiger partial charge in [0.25, 0.3) is 0 Å². The molecular formula is C11H17N3O. The van der Waals surface area contributed by atoms with Crippen LogP contribution in [0.5, 0.6) is 0 Å². The summed E-state index contributed by atoms with van der Waals surface area (Å²) in [5.74, 6) is 0. The van der Waals surface area contributed by atoms with Crippen LogP contribution in [0.2, 0.25) is 0 Å². The van der Waals surface area contributed by atoms with Gasteiger partial charge in [-0.25, -0.2) is 0 Å². The first-order valence-corrected chi connectivity index (χ1v) is 4.96. The van der Waals surface area contributed by atoms with E-state index in [1.54, 1.807) is 0 Å². The number of hydrogen-bond acceptors (Lipinski definition) is 3. The van der Waals surface area contributed by atoms with Crippen molar-refractivity contribution in [2.75, 3.05) is 18.9 Å². The zero-order valence-electron chi connectivity index (χ0n) is 8.86. The lowest BCUT2D eigenvalue weighted by Crippen LogP contribution is -2.36. The van der Waals surface area contributed by atoms with Crippen molar-refractivity contribution < 1.29 is 4.79 Å². The summed E-state index contributed by atoms with van der Waals surface area (Å²) < 4.78 is 0. The quantitative estimate of drug-likeness (QED) is 0.589. The molecule has 4 nitrogen and oxygen atoms in total. The molecule has 0 heterocycles. The molecule has 0 saturated carbocycles. The molecule has 82 valence electrons. The van der Waals surface area contributed by atoms with Crippen LogP contribution in [-0.2, 0) is 11.2 Å². The first kappa shape index (κ1) is 11.5. The Morgan fingerprint density at radius 1 is 1.40 bits per heavy atom. The Morgan fingerprint density at radius 3 is 2.53 bits per heavy atom. The maximum Gasteiger partial charge on any atom is 0.207 e. The lowest BCUT2D eigenvalue weighted by atomic mass is 10.1. The summed E-state index contributed by atoms with van der Waals surface area (Å²) in [7, 11) is 1.88. The number of hydrogen-bond donors (Lipinski definition) is 3. The number of amides is 1. The van der Waals surface area contributed by atoms with Crippen molar-refractivity contribution in [2.45, 2.75) is 12.5 Å². The zero-order chi connectivity index (χ0) is 11.1. The fourth-order valence-corrected chi connectivity index (χ4v) is 1.40. The van der Waals surface area contributed by atoms with Crippen LogP contribution in [0.15, 0.2) is 24.3 Å². The van der Waals surface area contributed by atoms with Gasteiger partial charge in [-0.2, -0.15) is 0 Å². The molecule has 0 aliphatic rings. The molecule has 0 saturated heterocycles. The second-order valence-corrected chi connectivity index (χ2v) is 3.37. The van der Waals surface area contributed by atoms with Gasteiger partial charge in [-0.05, 0) is 24.1 Å². The summed E-state index contributed by atoms with van der Waals surface area (Å²) in [6, 6.07) is 8.08. The van der Waals surface area contributed by atoms with Gasteiger partial charge < -0.3 is 16.4 Å². The molecule has 1 rings (SSSR count). The van der Waals surface area contributed by atoms with Gasteiger partial charge in [-0.3, -0.25) is 4.79 Å².